The van der Waals surface area contributed by atoms with Gasteiger partial charge in [0.2, 0.25) is 0 Å². The van der Waals surface area contributed by atoms with Crippen LogP contribution in [0, 0.1) is 6.92 Å². The van der Waals surface area contributed by atoms with Crippen molar-refractivity contribution in [2.24, 2.45) is 0 Å². The maximum atomic E-state index is 11.9. The van der Waals surface area contributed by atoms with Crippen LogP contribution in [0.25, 0.3) is 0 Å². The predicted molar refractivity (Wildman–Crippen MR) is 77.9 cm³/mol. The number of nitrogens with zero attached hydrogens (tertiary/aromatic N) is 2. The molecule has 0 radical (unpaired) electrons. The molecule has 1 heterocycles. The van der Waals surface area contributed by atoms with Gasteiger partial charge in [-0.25, -0.2) is 4.98 Å². The van der Waals surface area contributed by atoms with Crippen molar-refractivity contribution in [2.75, 3.05) is 6.54 Å². The van der Waals surface area contributed by atoms with Gasteiger partial charge in [0.1, 0.15) is 4.47 Å². The lowest BCUT2D eigenvalue weighted by Crippen LogP contribution is -2.36. The third kappa shape index (κ3) is 4.90. The molecule has 1 aromatic heterocycles. The minimum Gasteiger partial charge on any atom is -0.312 e. The smallest absolute Gasteiger partial charge is 0.267 e. The van der Waals surface area contributed by atoms with Crippen LogP contribution in [-0.2, 0) is 6.54 Å². The summed E-state index contributed by atoms with van der Waals surface area (Å²) >= 11 is 3.27. The van der Waals surface area contributed by atoms with Crippen LogP contribution in [0.15, 0.2) is 15.6 Å². The molecule has 0 unspecified atom stereocenters. The Morgan fingerprint density at radius 3 is 2.67 bits per heavy atom. The molecular weight excluding hydrogens is 294 g/mol. The Morgan fingerprint density at radius 2 is 2.06 bits per heavy atom. The molecule has 102 valence electrons. The zero-order chi connectivity index (χ0) is 13.8. The highest BCUT2D eigenvalue weighted by atomic mass is 79.9. The van der Waals surface area contributed by atoms with E-state index in [4.69, 9.17) is 0 Å². The van der Waals surface area contributed by atoms with Crippen LogP contribution in [0.4, 0.5) is 0 Å². The molecular formula is C13H22BrN3O. The van der Waals surface area contributed by atoms with Crippen LogP contribution in [0.2, 0.25) is 0 Å². The van der Waals surface area contributed by atoms with E-state index in [1.807, 2.05) is 6.92 Å². The number of hydrogen-bond acceptors (Lipinski definition) is 3. The second-order valence-electron chi connectivity index (χ2n) is 5.53. The monoisotopic (exact) mass is 315 g/mol. The Morgan fingerprint density at radius 1 is 1.39 bits per heavy atom. The Bertz CT molecular complexity index is 449. The fourth-order valence-corrected chi connectivity index (χ4v) is 1.91. The summed E-state index contributed by atoms with van der Waals surface area (Å²) in [4.78, 5) is 16.1. The zero-order valence-electron chi connectivity index (χ0n) is 11.6. The van der Waals surface area contributed by atoms with Gasteiger partial charge in [0.25, 0.3) is 5.56 Å². The van der Waals surface area contributed by atoms with Crippen molar-refractivity contribution in [2.45, 2.75) is 52.6 Å². The highest BCUT2D eigenvalue weighted by Gasteiger charge is 2.08. The molecule has 4 nitrogen and oxygen atoms in total. The minimum absolute atomic E-state index is 0.00582. The van der Waals surface area contributed by atoms with Crippen LogP contribution in [0.5, 0.6) is 0 Å². The summed E-state index contributed by atoms with van der Waals surface area (Å²) in [6.45, 7) is 9.97. The molecule has 0 atom stereocenters. The molecule has 5 heteroatoms. The lowest BCUT2D eigenvalue weighted by atomic mass is 10.1. The maximum Gasteiger partial charge on any atom is 0.267 e. The lowest BCUT2D eigenvalue weighted by molar-refractivity contribution is 0.413. The summed E-state index contributed by atoms with van der Waals surface area (Å²) in [5.74, 6) is 0. The highest BCUT2D eigenvalue weighted by molar-refractivity contribution is 9.10. The van der Waals surface area contributed by atoms with Crippen LogP contribution in [0.3, 0.4) is 0 Å². The van der Waals surface area contributed by atoms with E-state index in [0.717, 1.165) is 31.6 Å². The topological polar surface area (TPSA) is 46.9 Å². The van der Waals surface area contributed by atoms with Crippen LogP contribution >= 0.6 is 15.9 Å². The predicted octanol–water partition coefficient (Wildman–Crippen LogP) is 2.48. The molecule has 1 aromatic rings. The summed E-state index contributed by atoms with van der Waals surface area (Å²) in [6.07, 6.45) is 3.65. The van der Waals surface area contributed by atoms with Gasteiger partial charge < -0.3 is 5.32 Å². The van der Waals surface area contributed by atoms with Gasteiger partial charge in [-0.15, -0.1) is 0 Å². The molecule has 0 saturated carbocycles. The number of aromatic nitrogens is 2. The van der Waals surface area contributed by atoms with Crippen LogP contribution in [0.1, 0.15) is 39.3 Å². The van der Waals surface area contributed by atoms with Crippen molar-refractivity contribution in [3.8, 4) is 0 Å². The van der Waals surface area contributed by atoms with Crippen LogP contribution in [-0.4, -0.2) is 21.6 Å². The van der Waals surface area contributed by atoms with Gasteiger partial charge in [-0.2, -0.15) is 0 Å². The largest absolute Gasteiger partial charge is 0.312 e. The first-order chi connectivity index (χ1) is 8.31. The molecule has 0 bridgehead atoms. The van der Waals surface area contributed by atoms with Crippen molar-refractivity contribution in [1.82, 2.24) is 14.9 Å². The molecule has 1 rings (SSSR count). The fourth-order valence-electron chi connectivity index (χ4n) is 1.58. The number of aryl methyl sites for hydroxylation is 2. The molecule has 1 N–H and O–H groups in total. The number of hydrogen-bond donors (Lipinski definition) is 1. The first-order valence-electron chi connectivity index (χ1n) is 6.28. The number of nitrogens with one attached hydrogen (secondary N) is 1. The van der Waals surface area contributed by atoms with Crippen molar-refractivity contribution in [3.05, 3.63) is 26.8 Å². The Kier molecular flexibility index (Phi) is 5.53. The summed E-state index contributed by atoms with van der Waals surface area (Å²) in [5.41, 5.74) is 0.905. The second kappa shape index (κ2) is 6.48. The molecule has 0 amide bonds. The Hall–Kier alpha value is -0.680. The molecule has 0 aliphatic carbocycles. The standard InChI is InChI=1S/C13H22BrN3O/c1-10-11(14)12(18)17(9-15-10)8-6-5-7-16-13(2,3)4/h9,16H,5-8H2,1-4H3. The van der Waals surface area contributed by atoms with Crippen LogP contribution < -0.4 is 10.9 Å². The lowest BCUT2D eigenvalue weighted by Gasteiger charge is -2.20. The van der Waals surface area contributed by atoms with Gasteiger partial charge in [0.05, 0.1) is 12.0 Å². The fraction of sp³-hybridized carbons (Fsp3) is 0.692. The molecule has 0 aromatic carbocycles. The van der Waals surface area contributed by atoms with Gasteiger partial charge in [0, 0.05) is 12.1 Å². The van der Waals surface area contributed by atoms with E-state index in [9.17, 15) is 4.79 Å². The third-order valence-electron chi connectivity index (χ3n) is 2.64. The average Bonchev–Trinajstić information content (AvgIpc) is 2.27. The molecule has 0 aliphatic rings. The third-order valence-corrected chi connectivity index (χ3v) is 3.55. The molecule has 0 aliphatic heterocycles. The second-order valence-corrected chi connectivity index (χ2v) is 6.32. The quantitative estimate of drug-likeness (QED) is 0.849. The first-order valence-corrected chi connectivity index (χ1v) is 7.07. The molecule has 0 fully saturated rings. The minimum atomic E-state index is 0.00582. The summed E-state index contributed by atoms with van der Waals surface area (Å²) < 4.78 is 2.23. The summed E-state index contributed by atoms with van der Waals surface area (Å²) in [7, 11) is 0. The molecule has 18 heavy (non-hydrogen) atoms. The average molecular weight is 316 g/mol. The normalized spacial score (nSPS) is 11.8. The van der Waals surface area contributed by atoms with E-state index in [1.165, 1.54) is 0 Å². The van der Waals surface area contributed by atoms with Gasteiger partial charge >= 0.3 is 0 Å². The van der Waals surface area contributed by atoms with Crippen molar-refractivity contribution < 1.29 is 0 Å². The Labute approximate surface area is 117 Å². The first kappa shape index (κ1) is 15.4. The number of rotatable bonds is 5. The Balaban J connectivity index is 2.41. The van der Waals surface area contributed by atoms with E-state index < -0.39 is 0 Å². The van der Waals surface area contributed by atoms with E-state index in [1.54, 1.807) is 10.9 Å². The molecule has 0 saturated heterocycles. The van der Waals surface area contributed by atoms with Gasteiger partial charge in [-0.05, 0) is 63.0 Å². The van der Waals surface area contributed by atoms with E-state index in [2.05, 4.69) is 47.0 Å². The van der Waals surface area contributed by atoms with Crippen molar-refractivity contribution in [3.63, 3.8) is 0 Å². The summed E-state index contributed by atoms with van der Waals surface area (Å²) in [5, 5.41) is 3.43. The van der Waals surface area contributed by atoms with Gasteiger partial charge in [-0.3, -0.25) is 9.36 Å². The van der Waals surface area contributed by atoms with E-state index in [0.29, 0.717) is 4.47 Å². The maximum absolute atomic E-state index is 11.9. The summed E-state index contributed by atoms with van der Waals surface area (Å²) in [6, 6.07) is 0. The van der Waals surface area contributed by atoms with Gasteiger partial charge in [0.15, 0.2) is 0 Å². The highest BCUT2D eigenvalue weighted by Crippen LogP contribution is 2.06. The van der Waals surface area contributed by atoms with Crippen molar-refractivity contribution in [1.29, 1.82) is 0 Å². The number of unbranched alkanes of at least 4 members (excludes halogenated alkanes) is 1. The van der Waals surface area contributed by atoms with E-state index >= 15 is 0 Å². The van der Waals surface area contributed by atoms with E-state index in [-0.39, 0.29) is 11.1 Å². The SMILES string of the molecule is Cc1ncn(CCCCNC(C)(C)C)c(=O)c1Br. The zero-order valence-corrected chi connectivity index (χ0v) is 13.2. The molecule has 0 spiro atoms. The van der Waals surface area contributed by atoms with Crippen molar-refractivity contribution >= 4 is 15.9 Å². The van der Waals surface area contributed by atoms with Gasteiger partial charge in [-0.1, -0.05) is 0 Å². The number of halogens is 1.